The van der Waals surface area contributed by atoms with E-state index < -0.39 is 38.8 Å². The maximum Gasteiger partial charge on any atom is 0.418 e. The molecule has 0 radical (unpaired) electrons. The molecule has 0 atom stereocenters. The van der Waals surface area contributed by atoms with Crippen molar-refractivity contribution in [2.24, 2.45) is 0 Å². The second-order valence-electron chi connectivity index (χ2n) is 4.87. The third kappa shape index (κ3) is 3.49. The third-order valence-corrected chi connectivity index (χ3v) is 4.51. The smallest absolute Gasteiger partial charge is 0.278 e. The maximum atomic E-state index is 13.6. The summed E-state index contributed by atoms with van der Waals surface area (Å²) in [7, 11) is -4.43. The van der Waals surface area contributed by atoms with Gasteiger partial charge in [-0.3, -0.25) is 4.72 Å². The Morgan fingerprint density at radius 2 is 1.67 bits per heavy atom. The standard InChI is InChI=1S/C15H10F4N2O2S/c1-9-2-4-10(5-3-9)24(22,23)21-14-11(8-20)13(16)7-6-12(14)15(17,18)19/h2-7,21H,1H3. The monoisotopic (exact) mass is 358 g/mol. The molecule has 24 heavy (non-hydrogen) atoms. The van der Waals surface area contributed by atoms with E-state index in [-0.39, 0.29) is 4.90 Å². The van der Waals surface area contributed by atoms with E-state index >= 15 is 0 Å². The first-order valence-electron chi connectivity index (χ1n) is 6.45. The zero-order valence-corrected chi connectivity index (χ0v) is 13.0. The van der Waals surface area contributed by atoms with E-state index in [1.807, 2.05) is 0 Å². The molecule has 0 fully saturated rings. The molecule has 0 spiro atoms. The molecule has 2 aromatic rings. The Bertz CT molecular complexity index is 914. The zero-order chi connectivity index (χ0) is 18.1. The van der Waals surface area contributed by atoms with E-state index in [9.17, 15) is 26.0 Å². The summed E-state index contributed by atoms with van der Waals surface area (Å²) in [6, 6.07) is 7.39. The van der Waals surface area contributed by atoms with Crippen LogP contribution in [0.2, 0.25) is 0 Å². The highest BCUT2D eigenvalue weighted by atomic mass is 32.2. The molecule has 4 nitrogen and oxygen atoms in total. The molecule has 0 aromatic heterocycles. The Morgan fingerprint density at radius 1 is 1.08 bits per heavy atom. The first-order chi connectivity index (χ1) is 11.1. The number of nitrogens with one attached hydrogen (secondary N) is 1. The number of nitrogens with zero attached hydrogens (tertiary/aromatic N) is 1. The Labute approximate surface area is 135 Å². The van der Waals surface area contributed by atoms with Crippen LogP contribution in [0.15, 0.2) is 41.3 Å². The topological polar surface area (TPSA) is 70.0 Å². The summed E-state index contributed by atoms with van der Waals surface area (Å²) < 4.78 is 79.0. The summed E-state index contributed by atoms with van der Waals surface area (Å²) in [4.78, 5) is -0.311. The largest absolute Gasteiger partial charge is 0.418 e. The molecule has 0 aliphatic heterocycles. The van der Waals surface area contributed by atoms with Crippen molar-refractivity contribution < 1.29 is 26.0 Å². The first kappa shape index (κ1) is 17.7. The number of alkyl halides is 3. The molecular weight excluding hydrogens is 348 g/mol. The number of hydrogen-bond donors (Lipinski definition) is 1. The van der Waals surface area contributed by atoms with Gasteiger partial charge < -0.3 is 0 Å². The van der Waals surface area contributed by atoms with Gasteiger partial charge in [0.2, 0.25) is 0 Å². The molecule has 126 valence electrons. The summed E-state index contributed by atoms with van der Waals surface area (Å²) in [6.07, 6.45) is -4.97. The molecule has 0 heterocycles. The number of rotatable bonds is 3. The number of halogens is 4. The van der Waals surface area contributed by atoms with E-state index in [2.05, 4.69) is 0 Å². The minimum atomic E-state index is -4.97. The van der Waals surface area contributed by atoms with Crippen LogP contribution in [-0.2, 0) is 16.2 Å². The van der Waals surface area contributed by atoms with Gasteiger partial charge in [-0.1, -0.05) is 17.7 Å². The number of anilines is 1. The van der Waals surface area contributed by atoms with Gasteiger partial charge in [-0.05, 0) is 31.2 Å². The molecule has 0 saturated carbocycles. The summed E-state index contributed by atoms with van der Waals surface area (Å²) in [5.41, 5.74) is -2.87. The Hall–Kier alpha value is -2.60. The van der Waals surface area contributed by atoms with Gasteiger partial charge in [0.1, 0.15) is 17.4 Å². The van der Waals surface area contributed by atoms with Crippen LogP contribution >= 0.6 is 0 Å². The fourth-order valence-corrected chi connectivity index (χ4v) is 3.03. The highest BCUT2D eigenvalue weighted by Gasteiger charge is 2.37. The lowest BCUT2D eigenvalue weighted by atomic mass is 10.1. The van der Waals surface area contributed by atoms with Gasteiger partial charge in [0.05, 0.1) is 16.1 Å². The fourth-order valence-electron chi connectivity index (χ4n) is 1.94. The lowest BCUT2D eigenvalue weighted by Gasteiger charge is -2.16. The van der Waals surface area contributed by atoms with Gasteiger partial charge in [-0.2, -0.15) is 18.4 Å². The highest BCUT2D eigenvalue weighted by Crippen LogP contribution is 2.38. The second kappa shape index (κ2) is 6.13. The number of sulfonamides is 1. The van der Waals surface area contributed by atoms with Crippen molar-refractivity contribution in [3.05, 3.63) is 58.9 Å². The van der Waals surface area contributed by atoms with Crippen molar-refractivity contribution in [2.75, 3.05) is 4.72 Å². The number of nitriles is 1. The van der Waals surface area contributed by atoms with Crippen LogP contribution in [0.25, 0.3) is 0 Å². The molecule has 0 aliphatic carbocycles. The van der Waals surface area contributed by atoms with Crippen LogP contribution in [0.4, 0.5) is 23.2 Å². The molecule has 1 N–H and O–H groups in total. The number of aryl methyl sites for hydroxylation is 1. The van der Waals surface area contributed by atoms with Crippen LogP contribution in [0.5, 0.6) is 0 Å². The van der Waals surface area contributed by atoms with Crippen molar-refractivity contribution >= 4 is 15.7 Å². The van der Waals surface area contributed by atoms with Crippen LogP contribution < -0.4 is 4.72 Å². The average molecular weight is 358 g/mol. The number of hydrogen-bond acceptors (Lipinski definition) is 3. The zero-order valence-electron chi connectivity index (χ0n) is 12.1. The van der Waals surface area contributed by atoms with E-state index in [0.29, 0.717) is 12.1 Å². The van der Waals surface area contributed by atoms with Crippen molar-refractivity contribution in [1.82, 2.24) is 0 Å². The van der Waals surface area contributed by atoms with E-state index in [4.69, 9.17) is 5.26 Å². The van der Waals surface area contributed by atoms with Gasteiger partial charge in [0.15, 0.2) is 0 Å². The van der Waals surface area contributed by atoms with Crippen molar-refractivity contribution in [2.45, 2.75) is 18.0 Å². The van der Waals surface area contributed by atoms with Crippen LogP contribution in [-0.4, -0.2) is 8.42 Å². The highest BCUT2D eigenvalue weighted by molar-refractivity contribution is 7.92. The van der Waals surface area contributed by atoms with Gasteiger partial charge >= 0.3 is 6.18 Å². The second-order valence-corrected chi connectivity index (χ2v) is 6.56. The van der Waals surface area contributed by atoms with Crippen LogP contribution in [0.3, 0.4) is 0 Å². The van der Waals surface area contributed by atoms with E-state index in [0.717, 1.165) is 5.56 Å². The molecule has 0 amide bonds. The lowest BCUT2D eigenvalue weighted by Crippen LogP contribution is -2.19. The predicted molar refractivity (Wildman–Crippen MR) is 78.1 cm³/mol. The molecule has 0 aliphatic rings. The average Bonchev–Trinajstić information content (AvgIpc) is 2.46. The molecule has 2 aromatic carbocycles. The number of benzene rings is 2. The maximum absolute atomic E-state index is 13.6. The summed E-state index contributed by atoms with van der Waals surface area (Å²) in [5, 5.41) is 8.90. The molecule has 9 heteroatoms. The van der Waals surface area contributed by atoms with Gasteiger partial charge in [0.25, 0.3) is 10.0 Å². The van der Waals surface area contributed by atoms with Gasteiger partial charge in [0, 0.05) is 0 Å². The van der Waals surface area contributed by atoms with E-state index in [1.165, 1.54) is 30.3 Å². The SMILES string of the molecule is Cc1ccc(S(=O)(=O)Nc2c(C(F)(F)F)ccc(F)c2C#N)cc1. The Morgan fingerprint density at radius 3 is 2.17 bits per heavy atom. The van der Waals surface area contributed by atoms with Gasteiger partial charge in [-0.15, -0.1) is 0 Å². The third-order valence-electron chi connectivity index (χ3n) is 3.14. The molecule has 2 rings (SSSR count). The first-order valence-corrected chi connectivity index (χ1v) is 7.94. The fraction of sp³-hybridized carbons (Fsp3) is 0.133. The minimum Gasteiger partial charge on any atom is -0.278 e. The minimum absolute atomic E-state index is 0.311. The van der Waals surface area contributed by atoms with Crippen LogP contribution in [0.1, 0.15) is 16.7 Å². The summed E-state index contributed by atoms with van der Waals surface area (Å²) in [6.45, 7) is 1.70. The molecular formula is C15H10F4N2O2S. The molecule has 0 unspecified atom stereocenters. The molecule has 0 bridgehead atoms. The lowest BCUT2D eigenvalue weighted by molar-refractivity contribution is -0.136. The quantitative estimate of drug-likeness (QED) is 0.848. The van der Waals surface area contributed by atoms with Gasteiger partial charge in [-0.25, -0.2) is 12.8 Å². The molecule has 0 saturated heterocycles. The van der Waals surface area contributed by atoms with Crippen molar-refractivity contribution in [1.29, 1.82) is 5.26 Å². The predicted octanol–water partition coefficient (Wildman–Crippen LogP) is 3.83. The van der Waals surface area contributed by atoms with Crippen molar-refractivity contribution in [3.63, 3.8) is 0 Å². The summed E-state index contributed by atoms with van der Waals surface area (Å²) >= 11 is 0. The Balaban J connectivity index is 2.62. The Kier molecular flexibility index (Phi) is 4.53. The normalized spacial score (nSPS) is 11.8. The van der Waals surface area contributed by atoms with Crippen LogP contribution in [0, 0.1) is 24.1 Å². The van der Waals surface area contributed by atoms with Crippen molar-refractivity contribution in [3.8, 4) is 6.07 Å². The summed E-state index contributed by atoms with van der Waals surface area (Å²) in [5.74, 6) is -1.26. The van der Waals surface area contributed by atoms with E-state index in [1.54, 1.807) is 11.6 Å².